The van der Waals surface area contributed by atoms with Crippen LogP contribution in [0, 0.1) is 12.7 Å². The van der Waals surface area contributed by atoms with E-state index in [2.05, 4.69) is 15.2 Å². The molecule has 1 amide bonds. The zero-order chi connectivity index (χ0) is 24.6. The first-order chi connectivity index (χ1) is 16.2. The van der Waals surface area contributed by atoms with E-state index in [4.69, 9.17) is 4.98 Å². The molecule has 0 bridgehead atoms. The largest absolute Gasteiger partial charge is 0.363 e. The van der Waals surface area contributed by atoms with E-state index in [9.17, 15) is 18.0 Å². The number of hydrogen-bond donors (Lipinski definition) is 1. The Kier molecular flexibility index (Phi) is 6.63. The van der Waals surface area contributed by atoms with Crippen LogP contribution in [0.15, 0.2) is 30.3 Å². The summed E-state index contributed by atoms with van der Waals surface area (Å²) < 4.78 is 41.1. The zero-order valence-corrected chi connectivity index (χ0v) is 19.7. The average Bonchev–Trinajstić information content (AvgIpc) is 3.32. The minimum absolute atomic E-state index is 0.112. The molecule has 6 nitrogen and oxygen atoms in total. The van der Waals surface area contributed by atoms with Gasteiger partial charge in [0.05, 0.1) is 22.7 Å². The standard InChI is InChI=1S/C25H28F3N5O/c1-14-12-20-18(13-19(25(34)32(3)4)24(31-20)33-10-5-6-11-33)23(29-14)30-15(2)16-8-7-9-17(21(16)26)22(27)28/h7-9,12-13,15,22H,5-6,10-11H2,1-4H3,(H,29,30)/t15-/m1/s1. The first kappa shape index (κ1) is 23.8. The zero-order valence-electron chi connectivity index (χ0n) is 19.7. The van der Waals surface area contributed by atoms with Gasteiger partial charge in [0, 0.05) is 43.8 Å². The van der Waals surface area contributed by atoms with Gasteiger partial charge in [-0.3, -0.25) is 4.79 Å². The molecule has 9 heteroatoms. The number of rotatable bonds is 6. The number of nitrogens with zero attached hydrogens (tertiary/aromatic N) is 4. The number of pyridine rings is 2. The van der Waals surface area contributed by atoms with Crippen LogP contribution in [0.25, 0.3) is 10.9 Å². The quantitative estimate of drug-likeness (QED) is 0.515. The van der Waals surface area contributed by atoms with Crippen molar-refractivity contribution in [3.8, 4) is 0 Å². The fourth-order valence-electron chi connectivity index (χ4n) is 4.32. The summed E-state index contributed by atoms with van der Waals surface area (Å²) in [6, 6.07) is 6.93. The van der Waals surface area contributed by atoms with Gasteiger partial charge in [-0.05, 0) is 38.8 Å². The van der Waals surface area contributed by atoms with Crippen LogP contribution >= 0.6 is 0 Å². The lowest BCUT2D eigenvalue weighted by Crippen LogP contribution is -2.27. The molecule has 0 radical (unpaired) electrons. The first-order valence-electron chi connectivity index (χ1n) is 11.3. The van der Waals surface area contributed by atoms with Crippen molar-refractivity contribution in [2.75, 3.05) is 37.4 Å². The number of hydrogen-bond acceptors (Lipinski definition) is 5. The van der Waals surface area contributed by atoms with E-state index in [1.54, 1.807) is 27.1 Å². The fraction of sp³-hybridized carbons (Fsp3) is 0.400. The number of aromatic nitrogens is 2. The van der Waals surface area contributed by atoms with Crippen molar-refractivity contribution in [2.24, 2.45) is 0 Å². The summed E-state index contributed by atoms with van der Waals surface area (Å²) in [7, 11) is 3.38. The van der Waals surface area contributed by atoms with Crippen molar-refractivity contribution in [1.29, 1.82) is 0 Å². The predicted molar refractivity (Wildman–Crippen MR) is 127 cm³/mol. The van der Waals surface area contributed by atoms with Gasteiger partial charge in [-0.1, -0.05) is 18.2 Å². The maximum Gasteiger partial charge on any atom is 0.266 e. The molecule has 1 N–H and O–H groups in total. The highest BCUT2D eigenvalue weighted by molar-refractivity contribution is 6.04. The third-order valence-corrected chi connectivity index (χ3v) is 6.08. The summed E-state index contributed by atoms with van der Waals surface area (Å²) in [5, 5.41) is 3.77. The lowest BCUT2D eigenvalue weighted by molar-refractivity contribution is 0.0828. The molecule has 3 aromatic rings. The Morgan fingerprint density at radius 1 is 1.12 bits per heavy atom. The molecule has 2 aromatic heterocycles. The smallest absolute Gasteiger partial charge is 0.266 e. The van der Waals surface area contributed by atoms with Crippen molar-refractivity contribution in [3.63, 3.8) is 0 Å². The molecule has 180 valence electrons. The van der Waals surface area contributed by atoms with E-state index in [0.29, 0.717) is 33.8 Å². The Balaban J connectivity index is 1.81. The monoisotopic (exact) mass is 471 g/mol. The molecule has 34 heavy (non-hydrogen) atoms. The van der Waals surface area contributed by atoms with Crippen molar-refractivity contribution < 1.29 is 18.0 Å². The van der Waals surface area contributed by atoms with Gasteiger partial charge in [-0.15, -0.1) is 0 Å². The minimum Gasteiger partial charge on any atom is -0.363 e. The van der Waals surface area contributed by atoms with Crippen LogP contribution in [0.5, 0.6) is 0 Å². The Bertz CT molecular complexity index is 1220. The highest BCUT2D eigenvalue weighted by Gasteiger charge is 2.25. The lowest BCUT2D eigenvalue weighted by atomic mass is 10.0. The van der Waals surface area contributed by atoms with E-state index in [0.717, 1.165) is 32.0 Å². The minimum atomic E-state index is -2.90. The van der Waals surface area contributed by atoms with Crippen LogP contribution < -0.4 is 10.2 Å². The van der Waals surface area contributed by atoms with Crippen LogP contribution in [0.3, 0.4) is 0 Å². The number of aryl methyl sites for hydroxylation is 1. The highest BCUT2D eigenvalue weighted by atomic mass is 19.3. The van der Waals surface area contributed by atoms with Crippen molar-refractivity contribution in [3.05, 3.63) is 58.5 Å². The number of fused-ring (bicyclic) bond motifs is 1. The molecule has 1 atom stereocenters. The highest BCUT2D eigenvalue weighted by Crippen LogP contribution is 2.33. The van der Waals surface area contributed by atoms with Crippen LogP contribution in [0.4, 0.5) is 24.8 Å². The fourth-order valence-corrected chi connectivity index (χ4v) is 4.32. The normalized spacial score (nSPS) is 14.6. The molecule has 1 aromatic carbocycles. The molecule has 0 saturated carbocycles. The van der Waals surface area contributed by atoms with Gasteiger partial charge >= 0.3 is 0 Å². The third kappa shape index (κ3) is 4.51. The maximum absolute atomic E-state index is 14.7. The van der Waals surface area contributed by atoms with Gasteiger partial charge in [-0.2, -0.15) is 0 Å². The maximum atomic E-state index is 14.7. The summed E-state index contributed by atoms with van der Waals surface area (Å²) in [6.45, 7) is 5.17. The molecule has 1 saturated heterocycles. The van der Waals surface area contributed by atoms with Crippen LogP contribution in [-0.4, -0.2) is 48.0 Å². The summed E-state index contributed by atoms with van der Waals surface area (Å²) in [4.78, 5) is 26.1. The molecule has 3 heterocycles. The van der Waals surface area contributed by atoms with Crippen molar-refractivity contribution in [2.45, 2.75) is 39.2 Å². The van der Waals surface area contributed by atoms with Gasteiger partial charge in [0.1, 0.15) is 17.5 Å². The van der Waals surface area contributed by atoms with Crippen molar-refractivity contribution >= 4 is 28.4 Å². The van der Waals surface area contributed by atoms with Gasteiger partial charge in [0.15, 0.2) is 0 Å². The third-order valence-electron chi connectivity index (χ3n) is 6.08. The second-order valence-electron chi connectivity index (χ2n) is 8.85. The average molecular weight is 472 g/mol. The number of nitrogens with one attached hydrogen (secondary N) is 1. The Morgan fingerprint density at radius 2 is 1.79 bits per heavy atom. The Hall–Kier alpha value is -3.36. The molecule has 0 aliphatic carbocycles. The number of carbonyl (C=O) groups excluding carboxylic acids is 1. The predicted octanol–water partition coefficient (Wildman–Crippen LogP) is 5.49. The number of halogens is 3. The first-order valence-corrected chi connectivity index (χ1v) is 11.3. The molecular weight excluding hydrogens is 443 g/mol. The van der Waals surface area contributed by atoms with E-state index in [1.807, 2.05) is 13.0 Å². The Morgan fingerprint density at radius 3 is 2.44 bits per heavy atom. The summed E-state index contributed by atoms with van der Waals surface area (Å²) in [5.74, 6) is -0.0551. The SMILES string of the molecule is Cc1cc2nc(N3CCCC3)c(C(=O)N(C)C)cc2c(N[C@H](C)c2cccc(C(F)F)c2F)n1. The number of benzene rings is 1. The summed E-state index contributed by atoms with van der Waals surface area (Å²) >= 11 is 0. The number of alkyl halides is 2. The van der Waals surface area contributed by atoms with Gasteiger partial charge in [0.2, 0.25) is 0 Å². The van der Waals surface area contributed by atoms with E-state index < -0.39 is 23.8 Å². The lowest BCUT2D eigenvalue weighted by Gasteiger charge is -2.23. The topological polar surface area (TPSA) is 61.4 Å². The molecule has 1 aliphatic heterocycles. The van der Waals surface area contributed by atoms with Gasteiger partial charge in [0.25, 0.3) is 12.3 Å². The molecule has 0 unspecified atom stereocenters. The van der Waals surface area contributed by atoms with Crippen LogP contribution in [0.1, 0.15) is 59.4 Å². The summed E-state index contributed by atoms with van der Waals surface area (Å²) in [6.07, 6.45) is -0.825. The van der Waals surface area contributed by atoms with E-state index in [1.165, 1.54) is 17.0 Å². The molecular formula is C25H28F3N5O. The van der Waals surface area contributed by atoms with E-state index >= 15 is 0 Å². The number of anilines is 2. The molecule has 1 fully saturated rings. The molecule has 4 rings (SSSR count). The van der Waals surface area contributed by atoms with Gasteiger partial charge < -0.3 is 15.1 Å². The number of carbonyl (C=O) groups is 1. The van der Waals surface area contributed by atoms with Crippen LogP contribution in [0.2, 0.25) is 0 Å². The second kappa shape index (κ2) is 9.48. The molecule has 1 aliphatic rings. The summed E-state index contributed by atoms with van der Waals surface area (Å²) in [5.41, 5.74) is 1.29. The van der Waals surface area contributed by atoms with Crippen molar-refractivity contribution in [1.82, 2.24) is 14.9 Å². The van der Waals surface area contributed by atoms with E-state index in [-0.39, 0.29) is 11.5 Å². The van der Waals surface area contributed by atoms with Gasteiger partial charge in [-0.25, -0.2) is 23.1 Å². The second-order valence-corrected chi connectivity index (χ2v) is 8.85. The molecule has 0 spiro atoms. The van der Waals surface area contributed by atoms with Crippen LogP contribution in [-0.2, 0) is 0 Å². The Labute approximate surface area is 196 Å². The number of amides is 1.